The molecule has 3 atom stereocenters. The molecule has 2 aliphatic rings. The number of carbonyl (C=O) groups excluding carboxylic acids is 2. The van der Waals surface area contributed by atoms with Crippen LogP contribution in [0.4, 0.5) is 0 Å². The van der Waals surface area contributed by atoms with E-state index < -0.39 is 0 Å². The van der Waals surface area contributed by atoms with Crippen LogP contribution in [-0.4, -0.2) is 60.9 Å². The van der Waals surface area contributed by atoms with Gasteiger partial charge in [-0.2, -0.15) is 0 Å². The van der Waals surface area contributed by atoms with Crippen molar-refractivity contribution in [3.63, 3.8) is 0 Å². The molecule has 2 fully saturated rings. The summed E-state index contributed by atoms with van der Waals surface area (Å²) in [5.41, 5.74) is 0. The van der Waals surface area contributed by atoms with Gasteiger partial charge in [0.05, 0.1) is 0 Å². The summed E-state index contributed by atoms with van der Waals surface area (Å²) in [6, 6.07) is 1.37. The quantitative estimate of drug-likeness (QED) is 0.695. The van der Waals surface area contributed by atoms with Crippen LogP contribution in [-0.2, 0) is 9.59 Å². The Hall–Kier alpha value is -1.10. The molecule has 0 saturated carbocycles. The van der Waals surface area contributed by atoms with Crippen LogP contribution in [0.3, 0.4) is 0 Å². The average molecular weight is 352 g/mol. The number of piperidine rings is 1. The summed E-state index contributed by atoms with van der Waals surface area (Å²) in [5.74, 6) is 1.46. The topological polar surface area (TPSA) is 52.7 Å². The predicted molar refractivity (Wildman–Crippen MR) is 101 cm³/mol. The predicted octanol–water partition coefficient (Wildman–Crippen LogP) is 2.65. The summed E-state index contributed by atoms with van der Waals surface area (Å²) in [6.07, 6.45) is 8.23. The van der Waals surface area contributed by atoms with Crippen LogP contribution in [0.15, 0.2) is 0 Å². The fraction of sp³-hybridized carbons (Fsp3) is 0.900. The molecule has 2 amide bonds. The van der Waals surface area contributed by atoms with Crippen molar-refractivity contribution in [3.05, 3.63) is 0 Å². The van der Waals surface area contributed by atoms with Crippen molar-refractivity contribution in [2.45, 2.75) is 77.3 Å². The summed E-state index contributed by atoms with van der Waals surface area (Å²) in [5, 5.41) is 3.01. The molecule has 25 heavy (non-hydrogen) atoms. The van der Waals surface area contributed by atoms with Crippen LogP contribution in [0, 0.1) is 11.8 Å². The van der Waals surface area contributed by atoms with Gasteiger partial charge in [0.2, 0.25) is 11.8 Å². The van der Waals surface area contributed by atoms with Gasteiger partial charge in [-0.25, -0.2) is 0 Å². The van der Waals surface area contributed by atoms with Crippen LogP contribution in [0.2, 0.25) is 0 Å². The van der Waals surface area contributed by atoms with Gasteiger partial charge in [0.1, 0.15) is 0 Å². The smallest absolute Gasteiger partial charge is 0.222 e. The number of nitrogens with zero attached hydrogens (tertiary/aromatic N) is 2. The minimum atomic E-state index is 0.148. The Bertz CT molecular complexity index is 440. The molecule has 2 rings (SSSR count). The number of rotatable bonds is 9. The zero-order valence-electron chi connectivity index (χ0n) is 16.6. The SMILES string of the molecule is CCC(C)CCC(=O)N(C)CCNC(=O)CC1CC2CCC(C1)N2C. The van der Waals surface area contributed by atoms with Crippen molar-refractivity contribution in [3.8, 4) is 0 Å². The monoisotopic (exact) mass is 351 g/mol. The molecule has 2 saturated heterocycles. The third kappa shape index (κ3) is 5.98. The maximum absolute atomic E-state index is 12.2. The third-order valence-corrected chi connectivity index (χ3v) is 6.41. The third-order valence-electron chi connectivity index (χ3n) is 6.41. The number of nitrogens with one attached hydrogen (secondary N) is 1. The number of hydrogen-bond donors (Lipinski definition) is 1. The van der Waals surface area contributed by atoms with Crippen molar-refractivity contribution in [1.82, 2.24) is 15.1 Å². The van der Waals surface area contributed by atoms with Crippen molar-refractivity contribution < 1.29 is 9.59 Å². The average Bonchev–Trinajstić information content (AvgIpc) is 2.80. The maximum atomic E-state index is 12.2. The first-order valence-electron chi connectivity index (χ1n) is 10.1. The van der Waals surface area contributed by atoms with Gasteiger partial charge in [-0.05, 0) is 51.0 Å². The lowest BCUT2D eigenvalue weighted by molar-refractivity contribution is -0.130. The second-order valence-corrected chi connectivity index (χ2v) is 8.31. The van der Waals surface area contributed by atoms with E-state index in [2.05, 4.69) is 31.1 Å². The van der Waals surface area contributed by atoms with Crippen LogP contribution >= 0.6 is 0 Å². The van der Waals surface area contributed by atoms with Crippen LogP contribution < -0.4 is 5.32 Å². The molecular formula is C20H37N3O2. The van der Waals surface area contributed by atoms with Gasteiger partial charge in [-0.1, -0.05) is 20.3 Å². The Morgan fingerprint density at radius 1 is 1.24 bits per heavy atom. The van der Waals surface area contributed by atoms with E-state index in [4.69, 9.17) is 0 Å². The largest absolute Gasteiger partial charge is 0.354 e. The molecule has 0 spiro atoms. The zero-order valence-corrected chi connectivity index (χ0v) is 16.6. The fourth-order valence-electron chi connectivity index (χ4n) is 4.28. The van der Waals surface area contributed by atoms with Crippen LogP contribution in [0.1, 0.15) is 65.2 Å². The van der Waals surface area contributed by atoms with Crippen LogP contribution in [0.25, 0.3) is 0 Å². The Balaban J connectivity index is 1.60. The number of carbonyl (C=O) groups is 2. The van der Waals surface area contributed by atoms with E-state index in [-0.39, 0.29) is 11.8 Å². The molecule has 3 unspecified atom stereocenters. The van der Waals surface area contributed by atoms with Gasteiger partial charge >= 0.3 is 0 Å². The molecule has 5 heteroatoms. The summed E-state index contributed by atoms with van der Waals surface area (Å²) >= 11 is 0. The molecule has 2 aliphatic heterocycles. The van der Waals surface area contributed by atoms with Gasteiger partial charge in [0.15, 0.2) is 0 Å². The molecule has 0 aromatic rings. The highest BCUT2D eigenvalue weighted by atomic mass is 16.2. The molecule has 2 bridgehead atoms. The van der Waals surface area contributed by atoms with Gasteiger partial charge in [-0.15, -0.1) is 0 Å². The van der Waals surface area contributed by atoms with Crippen molar-refractivity contribution >= 4 is 11.8 Å². The lowest BCUT2D eigenvalue weighted by atomic mass is 9.88. The number of fused-ring (bicyclic) bond motifs is 2. The fourth-order valence-corrected chi connectivity index (χ4v) is 4.28. The summed E-state index contributed by atoms with van der Waals surface area (Å²) in [7, 11) is 4.06. The standard InChI is InChI=1S/C20H37N3O2/c1-5-15(2)6-9-20(25)22(3)11-10-21-19(24)14-16-12-17-7-8-18(13-16)23(17)4/h15-18H,5-14H2,1-4H3,(H,21,24). The molecule has 0 aromatic heterocycles. The second kappa shape index (κ2) is 9.56. The van der Waals surface area contributed by atoms with E-state index in [1.165, 1.54) is 12.8 Å². The Kier molecular flexibility index (Phi) is 7.73. The molecule has 0 aliphatic carbocycles. The Labute approximate surface area is 153 Å². The minimum Gasteiger partial charge on any atom is -0.354 e. The highest BCUT2D eigenvalue weighted by Gasteiger charge is 2.38. The first kappa shape index (κ1) is 20.2. The number of amides is 2. The molecule has 0 aromatic carbocycles. The van der Waals surface area contributed by atoms with Crippen molar-refractivity contribution in [2.24, 2.45) is 11.8 Å². The Morgan fingerprint density at radius 3 is 2.48 bits per heavy atom. The molecule has 1 N–H and O–H groups in total. The van der Waals surface area contributed by atoms with E-state index >= 15 is 0 Å². The minimum absolute atomic E-state index is 0.148. The molecule has 2 heterocycles. The highest BCUT2D eigenvalue weighted by molar-refractivity contribution is 5.77. The zero-order chi connectivity index (χ0) is 18.4. The van der Waals surface area contributed by atoms with Gasteiger partial charge < -0.3 is 15.1 Å². The van der Waals surface area contributed by atoms with Gasteiger partial charge in [0.25, 0.3) is 0 Å². The van der Waals surface area contributed by atoms with Crippen molar-refractivity contribution in [2.75, 3.05) is 27.2 Å². The van der Waals surface area contributed by atoms with E-state index in [9.17, 15) is 9.59 Å². The first-order chi connectivity index (χ1) is 11.9. The second-order valence-electron chi connectivity index (χ2n) is 8.31. The first-order valence-corrected chi connectivity index (χ1v) is 10.1. The maximum Gasteiger partial charge on any atom is 0.222 e. The molecule has 0 radical (unpaired) electrons. The number of hydrogen-bond acceptors (Lipinski definition) is 3. The molecule has 5 nitrogen and oxygen atoms in total. The summed E-state index contributed by atoms with van der Waals surface area (Å²) in [6.45, 7) is 5.50. The van der Waals surface area contributed by atoms with Gasteiger partial charge in [0, 0.05) is 45.1 Å². The van der Waals surface area contributed by atoms with E-state index in [1.54, 1.807) is 4.90 Å². The summed E-state index contributed by atoms with van der Waals surface area (Å²) in [4.78, 5) is 28.5. The van der Waals surface area contributed by atoms with E-state index in [1.807, 2.05) is 7.05 Å². The van der Waals surface area contributed by atoms with Crippen LogP contribution in [0.5, 0.6) is 0 Å². The molecule has 144 valence electrons. The highest BCUT2D eigenvalue weighted by Crippen LogP contribution is 2.38. The summed E-state index contributed by atoms with van der Waals surface area (Å²) < 4.78 is 0. The Morgan fingerprint density at radius 2 is 1.88 bits per heavy atom. The van der Waals surface area contributed by atoms with E-state index in [0.29, 0.717) is 49.9 Å². The van der Waals surface area contributed by atoms with Gasteiger partial charge in [-0.3, -0.25) is 9.59 Å². The van der Waals surface area contributed by atoms with Crippen molar-refractivity contribution in [1.29, 1.82) is 0 Å². The number of likely N-dealkylation sites (N-methyl/N-ethyl adjacent to an activating group) is 1. The molecular weight excluding hydrogens is 314 g/mol. The normalized spacial score (nSPS) is 27.1. The lowest BCUT2D eigenvalue weighted by Gasteiger charge is -2.36. The lowest BCUT2D eigenvalue weighted by Crippen LogP contribution is -2.42. The van der Waals surface area contributed by atoms with E-state index in [0.717, 1.165) is 25.7 Å².